The number of nitrogens with zero attached hydrogens (tertiary/aromatic N) is 3. The molecule has 0 unspecified atom stereocenters. The van der Waals surface area contributed by atoms with Crippen molar-refractivity contribution in [3.63, 3.8) is 0 Å². The average molecular weight is 230 g/mol. The van der Waals surface area contributed by atoms with Gasteiger partial charge in [-0.15, -0.1) is 0 Å². The number of halogens is 2. The van der Waals surface area contributed by atoms with Crippen LogP contribution in [0.4, 0.5) is 4.39 Å². The molecule has 0 aliphatic rings. The van der Waals surface area contributed by atoms with E-state index in [1.807, 2.05) is 13.8 Å². The van der Waals surface area contributed by atoms with Crippen molar-refractivity contribution < 1.29 is 4.39 Å². The van der Waals surface area contributed by atoms with E-state index in [2.05, 4.69) is 10.1 Å². The smallest absolute Gasteiger partial charge is 0.186 e. The molecule has 2 aromatic rings. The lowest BCUT2D eigenvalue weighted by atomic mass is 10.3. The largest absolute Gasteiger partial charge is 0.264 e. The van der Waals surface area contributed by atoms with Gasteiger partial charge in [0.25, 0.3) is 0 Å². The highest BCUT2D eigenvalue weighted by Crippen LogP contribution is 2.23. The Labute approximate surface area is 92.9 Å². The minimum Gasteiger partial charge on any atom is -0.264 e. The molecule has 0 saturated heterocycles. The molecule has 0 aromatic carbocycles. The standard InChI is InChI=1S/C8H7ClFN3.C2H6/c1-4-5-3-11-8(9)6(10)7(5)13(2)12-4;1-2/h3H,1-2H3;1-2H3. The van der Waals surface area contributed by atoms with E-state index in [1.165, 1.54) is 10.9 Å². The predicted octanol–water partition coefficient (Wildman–Crippen LogP) is 3.10. The summed E-state index contributed by atoms with van der Waals surface area (Å²) in [6, 6.07) is 0. The van der Waals surface area contributed by atoms with Crippen molar-refractivity contribution in [2.75, 3.05) is 0 Å². The number of aromatic nitrogens is 3. The molecule has 0 aliphatic heterocycles. The van der Waals surface area contributed by atoms with Crippen molar-refractivity contribution in [3.8, 4) is 0 Å². The summed E-state index contributed by atoms with van der Waals surface area (Å²) in [6.07, 6.45) is 1.53. The number of fused-ring (bicyclic) bond motifs is 1. The van der Waals surface area contributed by atoms with Gasteiger partial charge in [-0.1, -0.05) is 25.4 Å². The first kappa shape index (κ1) is 11.9. The summed E-state index contributed by atoms with van der Waals surface area (Å²) in [6.45, 7) is 5.80. The third-order valence-electron chi connectivity index (χ3n) is 1.96. The van der Waals surface area contributed by atoms with Gasteiger partial charge in [0.05, 0.1) is 5.69 Å². The van der Waals surface area contributed by atoms with Crippen molar-refractivity contribution in [3.05, 3.63) is 22.9 Å². The van der Waals surface area contributed by atoms with Crippen LogP contribution in [0.15, 0.2) is 6.20 Å². The van der Waals surface area contributed by atoms with Crippen molar-refractivity contribution in [1.29, 1.82) is 0 Å². The molecular formula is C10H13ClFN3. The molecule has 0 fully saturated rings. The quantitative estimate of drug-likeness (QED) is 0.650. The van der Waals surface area contributed by atoms with E-state index >= 15 is 0 Å². The normalized spacial score (nSPS) is 10.0. The molecule has 0 radical (unpaired) electrons. The van der Waals surface area contributed by atoms with E-state index in [9.17, 15) is 4.39 Å². The fraction of sp³-hybridized carbons (Fsp3) is 0.400. The fourth-order valence-electron chi connectivity index (χ4n) is 1.36. The van der Waals surface area contributed by atoms with Crippen molar-refractivity contribution in [2.45, 2.75) is 20.8 Å². The maximum atomic E-state index is 13.4. The summed E-state index contributed by atoms with van der Waals surface area (Å²) in [5, 5.41) is 4.65. The second-order valence-corrected chi connectivity index (χ2v) is 3.19. The maximum absolute atomic E-state index is 13.4. The van der Waals surface area contributed by atoms with Crippen molar-refractivity contribution in [1.82, 2.24) is 14.8 Å². The number of aryl methyl sites for hydroxylation is 2. The molecule has 0 N–H and O–H groups in total. The topological polar surface area (TPSA) is 30.7 Å². The van der Waals surface area contributed by atoms with Gasteiger partial charge in [0.15, 0.2) is 11.0 Å². The van der Waals surface area contributed by atoms with Crippen LogP contribution in [-0.4, -0.2) is 14.8 Å². The molecule has 3 nitrogen and oxygen atoms in total. The molecule has 0 atom stereocenters. The second kappa shape index (κ2) is 4.57. The van der Waals surface area contributed by atoms with E-state index in [0.717, 1.165) is 5.69 Å². The lowest BCUT2D eigenvalue weighted by Crippen LogP contribution is -1.93. The Kier molecular flexibility index (Phi) is 3.63. The van der Waals surface area contributed by atoms with Gasteiger partial charge < -0.3 is 0 Å². The van der Waals surface area contributed by atoms with E-state index in [-0.39, 0.29) is 5.15 Å². The Morgan fingerprint density at radius 3 is 2.60 bits per heavy atom. The van der Waals surface area contributed by atoms with Gasteiger partial charge in [-0.3, -0.25) is 4.68 Å². The summed E-state index contributed by atoms with van der Waals surface area (Å²) in [5.41, 5.74) is 1.15. The van der Waals surface area contributed by atoms with E-state index < -0.39 is 5.82 Å². The molecule has 2 rings (SSSR count). The molecule has 15 heavy (non-hydrogen) atoms. The van der Waals surface area contributed by atoms with Crippen LogP contribution in [-0.2, 0) is 7.05 Å². The molecule has 0 aliphatic carbocycles. The number of hydrogen-bond donors (Lipinski definition) is 0. The number of pyridine rings is 1. The monoisotopic (exact) mass is 229 g/mol. The minimum absolute atomic E-state index is 0.115. The summed E-state index contributed by atoms with van der Waals surface area (Å²) >= 11 is 5.54. The van der Waals surface area contributed by atoms with Crippen LogP contribution >= 0.6 is 11.6 Å². The Bertz CT molecular complexity index is 479. The Morgan fingerprint density at radius 1 is 1.40 bits per heavy atom. The van der Waals surface area contributed by atoms with Gasteiger partial charge in [0, 0.05) is 18.6 Å². The van der Waals surface area contributed by atoms with Crippen LogP contribution in [0.25, 0.3) is 10.9 Å². The molecule has 0 amide bonds. The third-order valence-corrected chi connectivity index (χ3v) is 2.23. The lowest BCUT2D eigenvalue weighted by Gasteiger charge is -1.96. The van der Waals surface area contributed by atoms with Gasteiger partial charge >= 0.3 is 0 Å². The Balaban J connectivity index is 0.000000531. The molecule has 0 spiro atoms. The second-order valence-electron chi connectivity index (χ2n) is 2.83. The predicted molar refractivity (Wildman–Crippen MR) is 59.6 cm³/mol. The molecule has 5 heteroatoms. The van der Waals surface area contributed by atoms with Gasteiger partial charge in [-0.05, 0) is 6.92 Å². The van der Waals surface area contributed by atoms with Crippen LogP contribution < -0.4 is 0 Å². The zero-order valence-electron chi connectivity index (χ0n) is 9.17. The summed E-state index contributed by atoms with van der Waals surface area (Å²) in [7, 11) is 1.68. The van der Waals surface area contributed by atoms with Gasteiger partial charge in [-0.25, -0.2) is 9.37 Å². The zero-order chi connectivity index (χ0) is 11.6. The number of hydrogen-bond acceptors (Lipinski definition) is 2. The highest BCUT2D eigenvalue weighted by Gasteiger charge is 2.13. The van der Waals surface area contributed by atoms with Crippen LogP contribution in [0.2, 0.25) is 5.15 Å². The van der Waals surface area contributed by atoms with Crippen LogP contribution in [0.3, 0.4) is 0 Å². The van der Waals surface area contributed by atoms with E-state index in [4.69, 9.17) is 11.6 Å². The fourth-order valence-corrected chi connectivity index (χ4v) is 1.50. The van der Waals surface area contributed by atoms with E-state index in [1.54, 1.807) is 14.0 Å². The molecule has 0 bridgehead atoms. The summed E-state index contributed by atoms with van der Waals surface area (Å²) in [5.74, 6) is -0.512. The molecule has 0 saturated carbocycles. The first-order valence-electron chi connectivity index (χ1n) is 4.74. The molecule has 82 valence electrons. The van der Waals surface area contributed by atoms with Gasteiger partial charge in [0.2, 0.25) is 0 Å². The first-order valence-corrected chi connectivity index (χ1v) is 5.12. The SMILES string of the molecule is CC.Cc1nn(C)c2c(F)c(Cl)ncc12. The van der Waals surface area contributed by atoms with Crippen LogP contribution in [0, 0.1) is 12.7 Å². The van der Waals surface area contributed by atoms with Crippen LogP contribution in [0.5, 0.6) is 0 Å². The van der Waals surface area contributed by atoms with Gasteiger partial charge in [0.1, 0.15) is 5.52 Å². The Hall–Kier alpha value is -1.16. The molecule has 2 heterocycles. The number of rotatable bonds is 0. The zero-order valence-corrected chi connectivity index (χ0v) is 9.93. The Morgan fingerprint density at radius 2 is 2.00 bits per heavy atom. The molecule has 2 aromatic heterocycles. The summed E-state index contributed by atoms with van der Waals surface area (Å²) < 4.78 is 14.9. The van der Waals surface area contributed by atoms with E-state index in [0.29, 0.717) is 10.9 Å². The average Bonchev–Trinajstić information content (AvgIpc) is 2.51. The van der Waals surface area contributed by atoms with Crippen molar-refractivity contribution >= 4 is 22.5 Å². The first-order chi connectivity index (χ1) is 7.11. The van der Waals surface area contributed by atoms with Crippen LogP contribution in [0.1, 0.15) is 19.5 Å². The molecular weight excluding hydrogens is 217 g/mol. The third kappa shape index (κ3) is 1.95. The van der Waals surface area contributed by atoms with Crippen molar-refractivity contribution in [2.24, 2.45) is 7.05 Å². The minimum atomic E-state index is -0.512. The highest BCUT2D eigenvalue weighted by molar-refractivity contribution is 6.30. The lowest BCUT2D eigenvalue weighted by molar-refractivity contribution is 0.620. The highest BCUT2D eigenvalue weighted by atomic mass is 35.5. The van der Waals surface area contributed by atoms with Gasteiger partial charge in [-0.2, -0.15) is 5.10 Å². The maximum Gasteiger partial charge on any atom is 0.186 e. The summed E-state index contributed by atoms with van der Waals surface area (Å²) in [4.78, 5) is 3.72.